The summed E-state index contributed by atoms with van der Waals surface area (Å²) in [6, 6.07) is 23.7. The van der Waals surface area contributed by atoms with Crippen molar-refractivity contribution < 1.29 is 0 Å². The van der Waals surface area contributed by atoms with Gasteiger partial charge in [0.05, 0.1) is 17.4 Å². The first-order chi connectivity index (χ1) is 11.3. The van der Waals surface area contributed by atoms with Crippen molar-refractivity contribution in [3.05, 3.63) is 88.1 Å². The molecule has 0 saturated heterocycles. The van der Waals surface area contributed by atoms with Gasteiger partial charge in [0.15, 0.2) is 0 Å². The summed E-state index contributed by atoms with van der Waals surface area (Å²) in [6.07, 6.45) is 0.943. The fourth-order valence-corrected chi connectivity index (χ4v) is 3.76. The molecule has 1 atom stereocenters. The molecule has 0 amide bonds. The van der Waals surface area contributed by atoms with E-state index in [9.17, 15) is 0 Å². The van der Waals surface area contributed by atoms with Gasteiger partial charge >= 0.3 is 0 Å². The Kier molecular flexibility index (Phi) is 3.72. The Morgan fingerprint density at radius 1 is 0.957 bits per heavy atom. The van der Waals surface area contributed by atoms with Crippen molar-refractivity contribution in [2.45, 2.75) is 19.4 Å². The van der Waals surface area contributed by atoms with Gasteiger partial charge in [-0.1, -0.05) is 54.1 Å². The van der Waals surface area contributed by atoms with Crippen LogP contribution >= 0.6 is 11.3 Å². The lowest BCUT2D eigenvalue weighted by atomic mass is 10.0. The maximum absolute atomic E-state index is 4.95. The summed E-state index contributed by atoms with van der Waals surface area (Å²) < 4.78 is 0. The van der Waals surface area contributed by atoms with E-state index in [-0.39, 0.29) is 6.04 Å². The highest BCUT2D eigenvalue weighted by Crippen LogP contribution is 2.38. The number of hydrogen-bond donors (Lipinski definition) is 0. The third-order valence-corrected chi connectivity index (χ3v) is 5.16. The Balaban J connectivity index is 1.73. The van der Waals surface area contributed by atoms with Crippen LogP contribution in [0.15, 0.2) is 77.2 Å². The predicted octanol–water partition coefficient (Wildman–Crippen LogP) is 5.41. The van der Waals surface area contributed by atoms with Gasteiger partial charge in [0.1, 0.15) is 0 Å². The van der Waals surface area contributed by atoms with Gasteiger partial charge in [0.2, 0.25) is 0 Å². The normalized spacial score (nSPS) is 17.3. The first-order valence-electron chi connectivity index (χ1n) is 7.83. The largest absolute Gasteiger partial charge is 0.257 e. The number of hydrogen-bond acceptors (Lipinski definition) is 3. The van der Waals surface area contributed by atoms with Crippen molar-refractivity contribution in [2.24, 2.45) is 5.10 Å². The SMILES string of the molecule is Cc1ccc(C2=NN(c3ccccc3)[C@H](c3cccs3)C2)cc1. The van der Waals surface area contributed by atoms with Crippen LogP contribution in [0.5, 0.6) is 0 Å². The fraction of sp³-hybridized carbons (Fsp3) is 0.150. The van der Waals surface area contributed by atoms with Gasteiger partial charge in [-0.2, -0.15) is 5.10 Å². The number of benzene rings is 2. The van der Waals surface area contributed by atoms with Crippen molar-refractivity contribution in [3.63, 3.8) is 0 Å². The van der Waals surface area contributed by atoms with Crippen LogP contribution in [0.2, 0.25) is 0 Å². The van der Waals surface area contributed by atoms with E-state index < -0.39 is 0 Å². The van der Waals surface area contributed by atoms with E-state index in [1.165, 1.54) is 16.0 Å². The lowest BCUT2D eigenvalue weighted by Gasteiger charge is -2.22. The first kappa shape index (κ1) is 14.2. The molecule has 23 heavy (non-hydrogen) atoms. The van der Waals surface area contributed by atoms with Crippen LogP contribution < -0.4 is 5.01 Å². The van der Waals surface area contributed by atoms with Crippen LogP contribution in [0.25, 0.3) is 0 Å². The molecule has 1 aliphatic heterocycles. The molecule has 0 saturated carbocycles. The Hall–Kier alpha value is -2.39. The average molecular weight is 318 g/mol. The van der Waals surface area contributed by atoms with Crippen molar-refractivity contribution in [2.75, 3.05) is 5.01 Å². The molecule has 114 valence electrons. The standard InChI is InChI=1S/C20H18N2S/c1-15-9-11-16(12-10-15)18-14-19(20-8-5-13-23-20)22(21-18)17-6-3-2-4-7-17/h2-13,19H,14H2,1H3/t19-/m0/s1. The summed E-state index contributed by atoms with van der Waals surface area (Å²) in [7, 11) is 0. The zero-order valence-electron chi connectivity index (χ0n) is 13.0. The molecule has 4 rings (SSSR count). The van der Waals surface area contributed by atoms with E-state index in [4.69, 9.17) is 5.10 Å². The van der Waals surface area contributed by atoms with E-state index >= 15 is 0 Å². The third kappa shape index (κ3) is 2.80. The molecule has 0 aliphatic carbocycles. The van der Waals surface area contributed by atoms with Crippen LogP contribution in [-0.2, 0) is 0 Å². The van der Waals surface area contributed by atoms with E-state index in [1.54, 1.807) is 11.3 Å². The minimum atomic E-state index is 0.286. The Bertz CT molecular complexity index is 805. The molecule has 0 spiro atoms. The number of hydrazone groups is 1. The molecule has 0 radical (unpaired) electrons. The van der Waals surface area contributed by atoms with Crippen molar-refractivity contribution >= 4 is 22.7 Å². The molecular weight excluding hydrogens is 300 g/mol. The number of nitrogens with zero attached hydrogens (tertiary/aromatic N) is 2. The van der Waals surface area contributed by atoms with Crippen molar-refractivity contribution in [3.8, 4) is 0 Å². The van der Waals surface area contributed by atoms with Crippen molar-refractivity contribution in [1.82, 2.24) is 0 Å². The zero-order chi connectivity index (χ0) is 15.6. The fourth-order valence-electron chi connectivity index (χ4n) is 2.95. The Labute approximate surface area is 140 Å². The number of aryl methyl sites for hydroxylation is 1. The van der Waals surface area contributed by atoms with Gasteiger partial charge < -0.3 is 0 Å². The van der Waals surface area contributed by atoms with Gasteiger partial charge in [-0.3, -0.25) is 5.01 Å². The quantitative estimate of drug-likeness (QED) is 0.630. The van der Waals surface area contributed by atoms with Crippen LogP contribution in [0, 0.1) is 6.92 Å². The van der Waals surface area contributed by atoms with E-state index in [1.807, 2.05) is 6.07 Å². The van der Waals surface area contributed by atoms with Gasteiger partial charge in [0.25, 0.3) is 0 Å². The molecular formula is C20H18N2S. The van der Waals surface area contributed by atoms with Gasteiger partial charge in [-0.15, -0.1) is 11.3 Å². The van der Waals surface area contributed by atoms with E-state index in [0.29, 0.717) is 0 Å². The highest BCUT2D eigenvalue weighted by Gasteiger charge is 2.30. The van der Waals surface area contributed by atoms with Crippen LogP contribution in [0.3, 0.4) is 0 Å². The summed E-state index contributed by atoms with van der Waals surface area (Å²) in [5.41, 5.74) is 4.80. The van der Waals surface area contributed by atoms with Crippen LogP contribution in [0.4, 0.5) is 5.69 Å². The number of para-hydroxylation sites is 1. The number of anilines is 1. The van der Waals surface area contributed by atoms with E-state index in [2.05, 4.69) is 78.0 Å². The maximum atomic E-state index is 4.95. The lowest BCUT2D eigenvalue weighted by Crippen LogP contribution is -2.17. The molecule has 0 bridgehead atoms. The van der Waals surface area contributed by atoms with Gasteiger partial charge in [0, 0.05) is 11.3 Å². The number of rotatable bonds is 3. The Morgan fingerprint density at radius 3 is 2.43 bits per heavy atom. The highest BCUT2D eigenvalue weighted by molar-refractivity contribution is 7.10. The minimum Gasteiger partial charge on any atom is -0.257 e. The van der Waals surface area contributed by atoms with Crippen molar-refractivity contribution in [1.29, 1.82) is 0 Å². The smallest absolute Gasteiger partial charge is 0.0923 e. The average Bonchev–Trinajstić information content (AvgIpc) is 3.26. The second-order valence-electron chi connectivity index (χ2n) is 5.83. The second kappa shape index (κ2) is 6.01. The van der Waals surface area contributed by atoms with Crippen LogP contribution in [-0.4, -0.2) is 5.71 Å². The molecule has 0 N–H and O–H groups in total. The summed E-state index contributed by atoms with van der Waals surface area (Å²) >= 11 is 1.80. The second-order valence-corrected chi connectivity index (χ2v) is 6.81. The third-order valence-electron chi connectivity index (χ3n) is 4.19. The summed E-state index contributed by atoms with van der Waals surface area (Å²) in [4.78, 5) is 1.36. The summed E-state index contributed by atoms with van der Waals surface area (Å²) in [5, 5.41) is 9.26. The van der Waals surface area contributed by atoms with E-state index in [0.717, 1.165) is 17.8 Å². The number of thiophene rings is 1. The predicted molar refractivity (Wildman–Crippen MR) is 98.3 cm³/mol. The molecule has 3 aromatic rings. The topological polar surface area (TPSA) is 15.6 Å². The summed E-state index contributed by atoms with van der Waals surface area (Å²) in [6.45, 7) is 2.12. The molecule has 1 aliphatic rings. The zero-order valence-corrected chi connectivity index (χ0v) is 13.8. The molecule has 0 fully saturated rings. The van der Waals surface area contributed by atoms with Gasteiger partial charge in [-0.05, 0) is 36.1 Å². The Morgan fingerprint density at radius 2 is 1.74 bits per heavy atom. The minimum absolute atomic E-state index is 0.286. The maximum Gasteiger partial charge on any atom is 0.0923 e. The monoisotopic (exact) mass is 318 g/mol. The first-order valence-corrected chi connectivity index (χ1v) is 8.71. The molecule has 2 heterocycles. The molecule has 2 aromatic carbocycles. The molecule has 2 nitrogen and oxygen atoms in total. The highest BCUT2D eigenvalue weighted by atomic mass is 32.1. The molecule has 0 unspecified atom stereocenters. The lowest BCUT2D eigenvalue weighted by molar-refractivity contribution is 0.722. The van der Waals surface area contributed by atoms with Gasteiger partial charge in [-0.25, -0.2) is 0 Å². The molecule has 3 heteroatoms. The molecule has 1 aromatic heterocycles. The summed E-state index contributed by atoms with van der Waals surface area (Å²) in [5.74, 6) is 0. The van der Waals surface area contributed by atoms with Crippen LogP contribution in [0.1, 0.15) is 28.5 Å².